The summed E-state index contributed by atoms with van der Waals surface area (Å²) in [7, 11) is 0. The molecule has 0 saturated carbocycles. The van der Waals surface area contributed by atoms with Gasteiger partial charge in [-0.1, -0.05) is 24.3 Å². The molecule has 1 heterocycles. The number of nitrogens with zero attached hydrogens (tertiary/aromatic N) is 1. The fraction of sp³-hybridized carbons (Fsp3) is 0.143. The molecular weight excluding hydrogens is 198 g/mol. The summed E-state index contributed by atoms with van der Waals surface area (Å²) in [6.45, 7) is 0. The van der Waals surface area contributed by atoms with E-state index in [0.29, 0.717) is 6.42 Å². The van der Waals surface area contributed by atoms with Gasteiger partial charge in [-0.15, -0.1) is 0 Å². The molecule has 0 aliphatic heterocycles. The van der Waals surface area contributed by atoms with Crippen LogP contribution in [0.5, 0.6) is 0 Å². The molecule has 80 valence electrons. The number of benzene rings is 1. The molecule has 1 aromatic carbocycles. The van der Waals surface area contributed by atoms with E-state index in [0.717, 1.165) is 24.0 Å². The van der Waals surface area contributed by atoms with Gasteiger partial charge >= 0.3 is 0 Å². The van der Waals surface area contributed by atoms with E-state index in [1.54, 1.807) is 6.20 Å². The second-order valence-electron chi connectivity index (χ2n) is 3.62. The molecule has 0 aliphatic carbocycles. The Balaban J connectivity index is 2.25. The second-order valence-corrected chi connectivity index (χ2v) is 3.62. The maximum Gasteiger partial charge on any atom is 0.120 e. The van der Waals surface area contributed by atoms with Crippen molar-refractivity contribution in [3.8, 4) is 11.3 Å². The quantitative estimate of drug-likeness (QED) is 0.728. The number of rotatable bonds is 4. The van der Waals surface area contributed by atoms with Gasteiger partial charge in [0.1, 0.15) is 6.29 Å². The Hall–Kier alpha value is -1.96. The Morgan fingerprint density at radius 2 is 2.06 bits per heavy atom. The van der Waals surface area contributed by atoms with Crippen LogP contribution in [-0.4, -0.2) is 11.3 Å². The van der Waals surface area contributed by atoms with Crippen molar-refractivity contribution in [1.29, 1.82) is 0 Å². The number of aromatic nitrogens is 1. The molecule has 0 radical (unpaired) electrons. The maximum atomic E-state index is 10.3. The molecule has 2 heteroatoms. The summed E-state index contributed by atoms with van der Waals surface area (Å²) in [6, 6.07) is 14.0. The van der Waals surface area contributed by atoms with Crippen LogP contribution in [0.2, 0.25) is 0 Å². The molecule has 2 aromatic rings. The van der Waals surface area contributed by atoms with Crippen LogP contribution < -0.4 is 0 Å². The monoisotopic (exact) mass is 211 g/mol. The first-order chi connectivity index (χ1) is 7.90. The number of aryl methyl sites for hydroxylation is 1. The van der Waals surface area contributed by atoms with Gasteiger partial charge in [-0.3, -0.25) is 4.98 Å². The van der Waals surface area contributed by atoms with Crippen LogP contribution in [0.4, 0.5) is 0 Å². The molecular formula is C14H13NO. The van der Waals surface area contributed by atoms with Gasteiger partial charge in [-0.2, -0.15) is 0 Å². The van der Waals surface area contributed by atoms with E-state index < -0.39 is 0 Å². The van der Waals surface area contributed by atoms with Crippen molar-refractivity contribution in [1.82, 2.24) is 4.98 Å². The zero-order chi connectivity index (χ0) is 11.2. The summed E-state index contributed by atoms with van der Waals surface area (Å²) in [5.74, 6) is 0. The number of pyridine rings is 1. The fourth-order valence-electron chi connectivity index (χ4n) is 1.65. The van der Waals surface area contributed by atoms with E-state index in [9.17, 15) is 4.79 Å². The lowest BCUT2D eigenvalue weighted by atomic mass is 10.0. The Kier molecular flexibility index (Phi) is 3.44. The molecule has 0 amide bonds. The normalized spacial score (nSPS) is 10.0. The molecule has 0 bridgehead atoms. The van der Waals surface area contributed by atoms with E-state index in [2.05, 4.69) is 11.1 Å². The van der Waals surface area contributed by atoms with Gasteiger partial charge in [-0.05, 0) is 30.2 Å². The van der Waals surface area contributed by atoms with Gasteiger partial charge in [0.25, 0.3) is 0 Å². The van der Waals surface area contributed by atoms with Crippen molar-refractivity contribution in [2.45, 2.75) is 12.8 Å². The van der Waals surface area contributed by atoms with Crippen molar-refractivity contribution >= 4 is 6.29 Å². The maximum absolute atomic E-state index is 10.3. The van der Waals surface area contributed by atoms with Crippen LogP contribution in [-0.2, 0) is 11.2 Å². The molecule has 0 fully saturated rings. The summed E-state index contributed by atoms with van der Waals surface area (Å²) in [4.78, 5) is 14.6. The number of carbonyl (C=O) groups is 1. The SMILES string of the molecule is O=CCCc1cccc(-c2ccccn2)c1. The smallest absolute Gasteiger partial charge is 0.120 e. The van der Waals surface area contributed by atoms with Crippen LogP contribution in [0.15, 0.2) is 48.7 Å². The highest BCUT2D eigenvalue weighted by Gasteiger charge is 1.99. The van der Waals surface area contributed by atoms with E-state index in [1.165, 1.54) is 5.56 Å². The first-order valence-corrected chi connectivity index (χ1v) is 5.34. The molecule has 0 unspecified atom stereocenters. The molecule has 0 saturated heterocycles. The molecule has 16 heavy (non-hydrogen) atoms. The zero-order valence-electron chi connectivity index (χ0n) is 8.97. The van der Waals surface area contributed by atoms with Crippen LogP contribution in [0.3, 0.4) is 0 Å². The van der Waals surface area contributed by atoms with Crippen LogP contribution in [0, 0.1) is 0 Å². The van der Waals surface area contributed by atoms with Crippen molar-refractivity contribution in [2.75, 3.05) is 0 Å². The summed E-state index contributed by atoms with van der Waals surface area (Å²) in [6.07, 6.45) is 4.11. The van der Waals surface area contributed by atoms with Crippen molar-refractivity contribution in [3.63, 3.8) is 0 Å². The van der Waals surface area contributed by atoms with Crippen LogP contribution >= 0.6 is 0 Å². The minimum absolute atomic E-state index is 0.575. The largest absolute Gasteiger partial charge is 0.303 e. The minimum Gasteiger partial charge on any atom is -0.303 e. The highest BCUT2D eigenvalue weighted by atomic mass is 16.1. The third kappa shape index (κ3) is 2.54. The number of hydrogen-bond donors (Lipinski definition) is 0. The third-order valence-electron chi connectivity index (χ3n) is 2.44. The fourth-order valence-corrected chi connectivity index (χ4v) is 1.65. The van der Waals surface area contributed by atoms with Gasteiger partial charge in [0.15, 0.2) is 0 Å². The highest BCUT2D eigenvalue weighted by Crippen LogP contribution is 2.18. The summed E-state index contributed by atoms with van der Waals surface area (Å²) in [5.41, 5.74) is 3.25. The Morgan fingerprint density at radius 3 is 2.81 bits per heavy atom. The third-order valence-corrected chi connectivity index (χ3v) is 2.44. The number of carbonyl (C=O) groups excluding carboxylic acids is 1. The molecule has 2 nitrogen and oxygen atoms in total. The lowest BCUT2D eigenvalue weighted by molar-refractivity contribution is -0.107. The summed E-state index contributed by atoms with van der Waals surface area (Å²) in [5, 5.41) is 0. The Bertz CT molecular complexity index is 465. The minimum atomic E-state index is 0.575. The molecule has 0 atom stereocenters. The molecule has 0 N–H and O–H groups in total. The topological polar surface area (TPSA) is 30.0 Å². The van der Waals surface area contributed by atoms with Gasteiger partial charge in [0, 0.05) is 18.2 Å². The predicted molar refractivity (Wildman–Crippen MR) is 64.1 cm³/mol. The lowest BCUT2D eigenvalue weighted by Crippen LogP contribution is -1.88. The molecule has 0 spiro atoms. The zero-order valence-corrected chi connectivity index (χ0v) is 8.97. The average molecular weight is 211 g/mol. The van der Waals surface area contributed by atoms with Crippen molar-refractivity contribution in [3.05, 3.63) is 54.2 Å². The summed E-state index contributed by atoms with van der Waals surface area (Å²) >= 11 is 0. The van der Waals surface area contributed by atoms with E-state index >= 15 is 0 Å². The van der Waals surface area contributed by atoms with Crippen molar-refractivity contribution < 1.29 is 4.79 Å². The van der Waals surface area contributed by atoms with Gasteiger partial charge in [-0.25, -0.2) is 0 Å². The first-order valence-electron chi connectivity index (χ1n) is 5.34. The summed E-state index contributed by atoms with van der Waals surface area (Å²) < 4.78 is 0. The lowest BCUT2D eigenvalue weighted by Gasteiger charge is -2.03. The first kappa shape index (κ1) is 10.6. The molecule has 0 aliphatic rings. The number of aldehydes is 1. The van der Waals surface area contributed by atoms with Gasteiger partial charge in [0.2, 0.25) is 0 Å². The molecule has 2 rings (SSSR count). The predicted octanol–water partition coefficient (Wildman–Crippen LogP) is 2.88. The van der Waals surface area contributed by atoms with E-state index in [4.69, 9.17) is 0 Å². The van der Waals surface area contributed by atoms with Gasteiger partial charge in [0.05, 0.1) is 5.69 Å². The van der Waals surface area contributed by atoms with Gasteiger partial charge < -0.3 is 4.79 Å². The van der Waals surface area contributed by atoms with Crippen LogP contribution in [0.1, 0.15) is 12.0 Å². The molecule has 1 aromatic heterocycles. The van der Waals surface area contributed by atoms with Crippen LogP contribution in [0.25, 0.3) is 11.3 Å². The average Bonchev–Trinajstić information content (AvgIpc) is 2.38. The Labute approximate surface area is 95.0 Å². The number of hydrogen-bond acceptors (Lipinski definition) is 2. The van der Waals surface area contributed by atoms with E-state index in [-0.39, 0.29) is 0 Å². The Morgan fingerprint density at radius 1 is 1.12 bits per heavy atom. The van der Waals surface area contributed by atoms with Crippen molar-refractivity contribution in [2.24, 2.45) is 0 Å². The highest BCUT2D eigenvalue weighted by molar-refractivity contribution is 5.60. The standard InChI is InChI=1S/C14H13NO/c16-10-4-6-12-5-3-7-13(11-12)14-8-1-2-9-15-14/h1-3,5,7-11H,4,6H2. The van der Waals surface area contributed by atoms with E-state index in [1.807, 2.05) is 36.4 Å². The second kappa shape index (κ2) is 5.21.